The molecule has 2 aromatic carbocycles. The number of nitrogens with zero attached hydrogens (tertiary/aromatic N) is 1. The minimum atomic E-state index is -0.0339. The number of benzene rings is 2. The maximum Gasteiger partial charge on any atom is 0.238 e. The third-order valence-electron chi connectivity index (χ3n) is 4.20. The molecular weight excluding hydrogens is 326 g/mol. The van der Waals surface area contributed by atoms with Crippen LogP contribution in [0.25, 0.3) is 0 Å². The summed E-state index contributed by atoms with van der Waals surface area (Å²) in [5, 5.41) is 5.76. The summed E-state index contributed by atoms with van der Waals surface area (Å²) in [6, 6.07) is 17.1. The first-order chi connectivity index (χ1) is 12.6. The van der Waals surface area contributed by atoms with Crippen LogP contribution >= 0.6 is 0 Å². The van der Waals surface area contributed by atoms with Gasteiger partial charge in [-0.25, -0.2) is 0 Å². The number of likely N-dealkylation sites (N-methyl/N-ethyl adjacent to an activating group) is 1. The molecule has 0 bridgehead atoms. The Morgan fingerprint density at radius 3 is 1.88 bits per heavy atom. The van der Waals surface area contributed by atoms with Gasteiger partial charge in [-0.15, -0.1) is 0 Å². The second-order valence-electron chi connectivity index (χ2n) is 6.12. The Morgan fingerprint density at radius 1 is 0.808 bits per heavy atom. The summed E-state index contributed by atoms with van der Waals surface area (Å²) in [7, 11) is 0. The SMILES string of the molecule is CCN(CC)CC(=O)Nc1ccc(NC(=O)CCc2ccccc2)cc1. The first-order valence-electron chi connectivity index (χ1n) is 9.06. The van der Waals surface area contributed by atoms with Crippen LogP contribution in [-0.4, -0.2) is 36.3 Å². The number of carbonyl (C=O) groups is 2. The summed E-state index contributed by atoms with van der Waals surface area (Å²) in [6.07, 6.45) is 1.15. The van der Waals surface area contributed by atoms with Gasteiger partial charge in [0.1, 0.15) is 0 Å². The van der Waals surface area contributed by atoms with E-state index in [-0.39, 0.29) is 11.8 Å². The number of hydrogen-bond donors (Lipinski definition) is 2. The number of nitrogens with one attached hydrogen (secondary N) is 2. The second kappa shape index (κ2) is 10.4. The van der Waals surface area contributed by atoms with Crippen LogP contribution in [0, 0.1) is 0 Å². The summed E-state index contributed by atoms with van der Waals surface area (Å²) < 4.78 is 0. The van der Waals surface area contributed by atoms with Crippen molar-refractivity contribution in [2.24, 2.45) is 0 Å². The Morgan fingerprint density at radius 2 is 1.35 bits per heavy atom. The molecule has 0 heterocycles. The van der Waals surface area contributed by atoms with Crippen molar-refractivity contribution in [3.63, 3.8) is 0 Å². The molecule has 138 valence electrons. The average molecular weight is 353 g/mol. The van der Waals surface area contributed by atoms with E-state index < -0.39 is 0 Å². The van der Waals surface area contributed by atoms with Crippen molar-refractivity contribution in [3.8, 4) is 0 Å². The molecule has 0 aromatic heterocycles. The molecule has 5 heteroatoms. The van der Waals surface area contributed by atoms with Gasteiger partial charge in [0.2, 0.25) is 11.8 Å². The zero-order valence-electron chi connectivity index (χ0n) is 15.5. The van der Waals surface area contributed by atoms with Crippen LogP contribution in [-0.2, 0) is 16.0 Å². The molecule has 0 fully saturated rings. The van der Waals surface area contributed by atoms with E-state index in [9.17, 15) is 9.59 Å². The summed E-state index contributed by atoms with van der Waals surface area (Å²) >= 11 is 0. The van der Waals surface area contributed by atoms with Crippen LogP contribution in [0.1, 0.15) is 25.8 Å². The Kier molecular flexibility index (Phi) is 7.83. The maximum absolute atomic E-state index is 12.0. The molecule has 2 aromatic rings. The van der Waals surface area contributed by atoms with Crippen molar-refractivity contribution in [3.05, 3.63) is 60.2 Å². The summed E-state index contributed by atoms with van der Waals surface area (Å²) in [5.74, 6) is -0.0551. The summed E-state index contributed by atoms with van der Waals surface area (Å²) in [4.78, 5) is 26.1. The number of amides is 2. The zero-order valence-corrected chi connectivity index (χ0v) is 15.5. The highest BCUT2D eigenvalue weighted by Crippen LogP contribution is 2.14. The highest BCUT2D eigenvalue weighted by atomic mass is 16.2. The average Bonchev–Trinajstić information content (AvgIpc) is 2.67. The predicted molar refractivity (Wildman–Crippen MR) is 106 cm³/mol. The first-order valence-corrected chi connectivity index (χ1v) is 9.06. The van der Waals surface area contributed by atoms with Gasteiger partial charge in [-0.05, 0) is 49.3 Å². The Balaban J connectivity index is 1.79. The summed E-state index contributed by atoms with van der Waals surface area (Å²) in [6.45, 7) is 6.14. The molecule has 0 aliphatic carbocycles. The molecular formula is C21H27N3O2. The van der Waals surface area contributed by atoms with Gasteiger partial charge in [-0.3, -0.25) is 14.5 Å². The van der Waals surface area contributed by atoms with Crippen LogP contribution < -0.4 is 10.6 Å². The molecule has 26 heavy (non-hydrogen) atoms. The molecule has 2 N–H and O–H groups in total. The molecule has 0 saturated carbocycles. The topological polar surface area (TPSA) is 61.4 Å². The molecule has 0 spiro atoms. The van der Waals surface area contributed by atoms with E-state index in [2.05, 4.69) is 15.5 Å². The van der Waals surface area contributed by atoms with Crippen molar-refractivity contribution in [2.75, 3.05) is 30.3 Å². The van der Waals surface area contributed by atoms with Gasteiger partial charge in [-0.1, -0.05) is 44.2 Å². The van der Waals surface area contributed by atoms with E-state index in [0.717, 1.165) is 30.0 Å². The van der Waals surface area contributed by atoms with Crippen molar-refractivity contribution in [1.82, 2.24) is 4.90 Å². The maximum atomic E-state index is 12.0. The first kappa shape index (κ1) is 19.7. The fraction of sp³-hybridized carbons (Fsp3) is 0.333. The van der Waals surface area contributed by atoms with Gasteiger partial charge in [-0.2, -0.15) is 0 Å². The molecule has 0 aliphatic heterocycles. The van der Waals surface area contributed by atoms with E-state index in [4.69, 9.17) is 0 Å². The lowest BCUT2D eigenvalue weighted by Gasteiger charge is -2.17. The molecule has 2 rings (SSSR count). The largest absolute Gasteiger partial charge is 0.326 e. The van der Waals surface area contributed by atoms with Crippen LogP contribution in [0.4, 0.5) is 11.4 Å². The number of anilines is 2. The van der Waals surface area contributed by atoms with Gasteiger partial charge in [0, 0.05) is 17.8 Å². The molecule has 2 amide bonds. The molecule has 0 unspecified atom stereocenters. The highest BCUT2D eigenvalue weighted by Gasteiger charge is 2.08. The number of carbonyl (C=O) groups excluding carboxylic acids is 2. The monoisotopic (exact) mass is 353 g/mol. The number of rotatable bonds is 9. The molecule has 0 atom stereocenters. The minimum absolute atomic E-state index is 0.0211. The van der Waals surface area contributed by atoms with Crippen LogP contribution in [0.3, 0.4) is 0 Å². The lowest BCUT2D eigenvalue weighted by molar-refractivity contribution is -0.117. The van der Waals surface area contributed by atoms with E-state index >= 15 is 0 Å². The Hall–Kier alpha value is -2.66. The van der Waals surface area contributed by atoms with E-state index in [0.29, 0.717) is 19.4 Å². The van der Waals surface area contributed by atoms with Gasteiger partial charge >= 0.3 is 0 Å². The number of aryl methyl sites for hydroxylation is 1. The van der Waals surface area contributed by atoms with Crippen LogP contribution in [0.2, 0.25) is 0 Å². The predicted octanol–water partition coefficient (Wildman–Crippen LogP) is 3.54. The van der Waals surface area contributed by atoms with Crippen LogP contribution in [0.15, 0.2) is 54.6 Å². The fourth-order valence-electron chi connectivity index (χ4n) is 2.61. The van der Waals surface area contributed by atoms with Crippen molar-refractivity contribution in [1.29, 1.82) is 0 Å². The highest BCUT2D eigenvalue weighted by molar-refractivity contribution is 5.93. The van der Waals surface area contributed by atoms with E-state index in [1.807, 2.05) is 44.2 Å². The van der Waals surface area contributed by atoms with Crippen molar-refractivity contribution >= 4 is 23.2 Å². The third-order valence-corrected chi connectivity index (χ3v) is 4.20. The summed E-state index contributed by atoms with van der Waals surface area (Å²) in [5.41, 5.74) is 2.60. The smallest absolute Gasteiger partial charge is 0.238 e. The fourth-order valence-corrected chi connectivity index (χ4v) is 2.61. The van der Waals surface area contributed by atoms with E-state index in [1.54, 1.807) is 24.3 Å². The van der Waals surface area contributed by atoms with Gasteiger partial charge in [0.15, 0.2) is 0 Å². The van der Waals surface area contributed by atoms with Gasteiger partial charge < -0.3 is 10.6 Å². The number of hydrogen-bond acceptors (Lipinski definition) is 3. The normalized spacial score (nSPS) is 10.6. The van der Waals surface area contributed by atoms with Gasteiger partial charge in [0.05, 0.1) is 6.54 Å². The van der Waals surface area contributed by atoms with Crippen molar-refractivity contribution in [2.45, 2.75) is 26.7 Å². The van der Waals surface area contributed by atoms with E-state index in [1.165, 1.54) is 0 Å². The minimum Gasteiger partial charge on any atom is -0.326 e. The van der Waals surface area contributed by atoms with Crippen molar-refractivity contribution < 1.29 is 9.59 Å². The Labute approximate surface area is 155 Å². The quantitative estimate of drug-likeness (QED) is 0.725. The van der Waals surface area contributed by atoms with Crippen LogP contribution in [0.5, 0.6) is 0 Å². The van der Waals surface area contributed by atoms with Gasteiger partial charge in [0.25, 0.3) is 0 Å². The second-order valence-corrected chi connectivity index (χ2v) is 6.12. The molecule has 0 aliphatic rings. The standard InChI is InChI=1S/C21H27N3O2/c1-3-24(4-2)16-21(26)23-19-13-11-18(12-14-19)22-20(25)15-10-17-8-6-5-7-9-17/h5-9,11-14H,3-4,10,15-16H2,1-2H3,(H,22,25)(H,23,26). The molecule has 0 saturated heterocycles. The zero-order chi connectivity index (χ0) is 18.8. The third kappa shape index (κ3) is 6.69. The lowest BCUT2D eigenvalue weighted by atomic mass is 10.1. The lowest BCUT2D eigenvalue weighted by Crippen LogP contribution is -2.32. The molecule has 0 radical (unpaired) electrons. The Bertz CT molecular complexity index is 695. The molecule has 5 nitrogen and oxygen atoms in total.